The third kappa shape index (κ3) is 3.63. The number of imide groups is 2. The molecule has 8 nitrogen and oxygen atoms in total. The zero-order chi connectivity index (χ0) is 20.4. The van der Waals surface area contributed by atoms with Crippen molar-refractivity contribution in [3.05, 3.63) is 74.3 Å². The number of nitro benzene ring substituents is 1. The molecule has 1 heterocycles. The van der Waals surface area contributed by atoms with E-state index in [1.807, 2.05) is 6.92 Å². The van der Waals surface area contributed by atoms with Crippen molar-refractivity contribution in [3.63, 3.8) is 0 Å². The second-order valence-electron chi connectivity index (χ2n) is 5.94. The minimum Gasteiger partial charge on any atom is -0.273 e. The van der Waals surface area contributed by atoms with Crippen LogP contribution in [0.3, 0.4) is 0 Å². The molecule has 142 valence electrons. The molecule has 2 aromatic carbocycles. The Morgan fingerprint density at radius 3 is 2.43 bits per heavy atom. The quantitative estimate of drug-likeness (QED) is 0.366. The first-order valence-corrected chi connectivity index (χ1v) is 8.64. The van der Waals surface area contributed by atoms with Crippen molar-refractivity contribution in [1.29, 1.82) is 0 Å². The van der Waals surface area contributed by atoms with Crippen molar-refractivity contribution in [3.8, 4) is 0 Å². The highest BCUT2D eigenvalue weighted by molar-refractivity contribution is 6.39. The third-order valence-corrected chi connectivity index (χ3v) is 4.54. The molecule has 0 saturated carbocycles. The van der Waals surface area contributed by atoms with Gasteiger partial charge in [-0.1, -0.05) is 30.7 Å². The molecule has 9 heteroatoms. The number of anilines is 1. The maximum absolute atomic E-state index is 12.8. The van der Waals surface area contributed by atoms with Crippen molar-refractivity contribution >= 4 is 46.9 Å². The molecule has 3 rings (SSSR count). The van der Waals surface area contributed by atoms with E-state index in [1.165, 1.54) is 12.1 Å². The highest BCUT2D eigenvalue weighted by atomic mass is 35.5. The summed E-state index contributed by atoms with van der Waals surface area (Å²) in [6.07, 6.45) is 1.92. The number of amides is 4. The van der Waals surface area contributed by atoms with Crippen LogP contribution in [0.4, 0.5) is 16.2 Å². The first kappa shape index (κ1) is 19.2. The zero-order valence-electron chi connectivity index (χ0n) is 14.6. The number of halogens is 1. The molecule has 28 heavy (non-hydrogen) atoms. The number of carbonyl (C=O) groups excluding carboxylic acids is 3. The maximum Gasteiger partial charge on any atom is 0.335 e. The Balaban J connectivity index is 2.03. The molecule has 1 aliphatic rings. The molecule has 0 aliphatic carbocycles. The molecular formula is C19H14ClN3O5. The number of aryl methyl sites for hydroxylation is 1. The molecule has 0 aromatic heterocycles. The average Bonchev–Trinajstić information content (AvgIpc) is 2.66. The minimum atomic E-state index is -0.904. The predicted molar refractivity (Wildman–Crippen MR) is 103 cm³/mol. The van der Waals surface area contributed by atoms with E-state index in [9.17, 15) is 24.5 Å². The highest BCUT2D eigenvalue weighted by Gasteiger charge is 2.37. The standard InChI is InChI=1S/C19H14ClN3O5/c1-2-11-3-5-13(6-4-11)22-18(25)15(17(24)21-19(22)26)10-12-9-14(23(27)28)7-8-16(12)20/h3-10H,2H2,1H3,(H,21,24,26)/b15-10-. The van der Waals surface area contributed by atoms with Crippen LogP contribution < -0.4 is 10.2 Å². The van der Waals surface area contributed by atoms with Crippen LogP contribution in [-0.4, -0.2) is 22.8 Å². The fraction of sp³-hybridized carbons (Fsp3) is 0.105. The number of carbonyl (C=O) groups is 3. The monoisotopic (exact) mass is 399 g/mol. The topological polar surface area (TPSA) is 110 Å². The lowest BCUT2D eigenvalue weighted by atomic mass is 10.1. The normalized spacial score (nSPS) is 15.7. The molecule has 0 spiro atoms. The molecular weight excluding hydrogens is 386 g/mol. The van der Waals surface area contributed by atoms with Crippen LogP contribution in [-0.2, 0) is 16.0 Å². The first-order valence-electron chi connectivity index (χ1n) is 8.26. The Labute approximate surface area is 164 Å². The summed E-state index contributed by atoms with van der Waals surface area (Å²) in [5.74, 6) is -1.75. The smallest absolute Gasteiger partial charge is 0.273 e. The zero-order valence-corrected chi connectivity index (χ0v) is 15.4. The van der Waals surface area contributed by atoms with Crippen LogP contribution in [0.15, 0.2) is 48.0 Å². The lowest BCUT2D eigenvalue weighted by molar-refractivity contribution is -0.384. The van der Waals surface area contributed by atoms with Gasteiger partial charge in [0.05, 0.1) is 10.6 Å². The number of non-ortho nitro benzene ring substituents is 1. The molecule has 1 aliphatic heterocycles. The van der Waals surface area contributed by atoms with Gasteiger partial charge in [0.1, 0.15) is 5.57 Å². The van der Waals surface area contributed by atoms with E-state index in [2.05, 4.69) is 5.32 Å². The van der Waals surface area contributed by atoms with Crippen LogP contribution in [0.5, 0.6) is 0 Å². The Morgan fingerprint density at radius 2 is 1.82 bits per heavy atom. The van der Waals surface area contributed by atoms with Gasteiger partial charge >= 0.3 is 6.03 Å². The molecule has 0 unspecified atom stereocenters. The van der Waals surface area contributed by atoms with Crippen LogP contribution in [0.25, 0.3) is 6.08 Å². The van der Waals surface area contributed by atoms with Crippen molar-refractivity contribution in [1.82, 2.24) is 5.32 Å². The average molecular weight is 400 g/mol. The van der Waals surface area contributed by atoms with Crippen molar-refractivity contribution in [2.24, 2.45) is 0 Å². The summed E-state index contributed by atoms with van der Waals surface area (Å²) in [7, 11) is 0. The largest absolute Gasteiger partial charge is 0.335 e. The SMILES string of the molecule is CCc1ccc(N2C(=O)NC(=O)/C(=C/c3cc([N+](=O)[O-])ccc3Cl)C2=O)cc1. The lowest BCUT2D eigenvalue weighted by Gasteiger charge is -2.26. The molecule has 0 radical (unpaired) electrons. The van der Waals surface area contributed by atoms with E-state index in [0.29, 0.717) is 5.69 Å². The number of nitrogens with one attached hydrogen (secondary N) is 1. The van der Waals surface area contributed by atoms with Gasteiger partial charge in [-0.15, -0.1) is 0 Å². The predicted octanol–water partition coefficient (Wildman–Crippen LogP) is 3.48. The van der Waals surface area contributed by atoms with Gasteiger partial charge in [-0.3, -0.25) is 25.0 Å². The van der Waals surface area contributed by atoms with Gasteiger partial charge in [0, 0.05) is 22.7 Å². The molecule has 0 atom stereocenters. The summed E-state index contributed by atoms with van der Waals surface area (Å²) in [6, 6.07) is 9.52. The van der Waals surface area contributed by atoms with E-state index in [-0.39, 0.29) is 21.8 Å². The molecule has 1 fully saturated rings. The van der Waals surface area contributed by atoms with Crippen LogP contribution in [0.2, 0.25) is 5.02 Å². The van der Waals surface area contributed by atoms with Gasteiger partial charge in [-0.05, 0) is 36.3 Å². The minimum absolute atomic E-state index is 0.116. The number of hydrogen-bond donors (Lipinski definition) is 1. The van der Waals surface area contributed by atoms with Crippen molar-refractivity contribution in [2.45, 2.75) is 13.3 Å². The number of nitrogens with zero attached hydrogens (tertiary/aromatic N) is 2. The summed E-state index contributed by atoms with van der Waals surface area (Å²) < 4.78 is 0. The van der Waals surface area contributed by atoms with E-state index in [1.54, 1.807) is 24.3 Å². The van der Waals surface area contributed by atoms with Crippen molar-refractivity contribution in [2.75, 3.05) is 4.90 Å². The maximum atomic E-state index is 12.8. The highest BCUT2D eigenvalue weighted by Crippen LogP contribution is 2.27. The van der Waals surface area contributed by atoms with E-state index < -0.39 is 22.8 Å². The lowest BCUT2D eigenvalue weighted by Crippen LogP contribution is -2.54. The van der Waals surface area contributed by atoms with Gasteiger partial charge in [-0.2, -0.15) is 0 Å². The summed E-state index contributed by atoms with van der Waals surface area (Å²) in [4.78, 5) is 48.4. The third-order valence-electron chi connectivity index (χ3n) is 4.19. The summed E-state index contributed by atoms with van der Waals surface area (Å²) in [6.45, 7) is 1.97. The Morgan fingerprint density at radius 1 is 1.14 bits per heavy atom. The second kappa shape index (κ2) is 7.61. The summed E-state index contributed by atoms with van der Waals surface area (Å²) in [5.41, 5.74) is 0.821. The van der Waals surface area contributed by atoms with Crippen LogP contribution in [0.1, 0.15) is 18.1 Å². The fourth-order valence-electron chi connectivity index (χ4n) is 2.68. The number of rotatable bonds is 4. The van der Waals surface area contributed by atoms with Crippen LogP contribution in [0, 0.1) is 10.1 Å². The summed E-state index contributed by atoms with van der Waals surface area (Å²) >= 11 is 6.04. The second-order valence-corrected chi connectivity index (χ2v) is 6.35. The molecule has 1 N–H and O–H groups in total. The van der Waals surface area contributed by atoms with Crippen molar-refractivity contribution < 1.29 is 19.3 Å². The van der Waals surface area contributed by atoms with Gasteiger partial charge in [-0.25, -0.2) is 9.69 Å². The van der Waals surface area contributed by atoms with E-state index in [0.717, 1.165) is 29.0 Å². The summed E-state index contributed by atoms with van der Waals surface area (Å²) in [5, 5.41) is 13.2. The van der Waals surface area contributed by atoms with E-state index >= 15 is 0 Å². The number of benzene rings is 2. The molecule has 0 bridgehead atoms. The number of barbiturate groups is 1. The van der Waals surface area contributed by atoms with Crippen LogP contribution >= 0.6 is 11.6 Å². The molecule has 1 saturated heterocycles. The fourth-order valence-corrected chi connectivity index (χ4v) is 2.86. The number of urea groups is 1. The Kier molecular flexibility index (Phi) is 5.23. The Hall–Kier alpha value is -3.52. The molecule has 2 aromatic rings. The molecule has 4 amide bonds. The number of hydrogen-bond acceptors (Lipinski definition) is 5. The van der Waals surface area contributed by atoms with Gasteiger partial charge in [0.15, 0.2) is 0 Å². The number of nitro groups is 1. The Bertz CT molecular complexity index is 1030. The van der Waals surface area contributed by atoms with Gasteiger partial charge in [0.2, 0.25) is 0 Å². The van der Waals surface area contributed by atoms with Gasteiger partial charge < -0.3 is 0 Å². The first-order chi connectivity index (χ1) is 13.3. The van der Waals surface area contributed by atoms with E-state index in [4.69, 9.17) is 11.6 Å². The van der Waals surface area contributed by atoms with Gasteiger partial charge in [0.25, 0.3) is 17.5 Å².